The molecule has 0 bridgehead atoms. The molecule has 2 fully saturated rings. The van der Waals surface area contributed by atoms with Crippen molar-refractivity contribution in [2.24, 2.45) is 0 Å². The van der Waals surface area contributed by atoms with Crippen molar-refractivity contribution < 1.29 is 24.5 Å². The number of aliphatic hydroxyl groups is 1. The lowest BCUT2D eigenvalue weighted by Gasteiger charge is -2.27. The summed E-state index contributed by atoms with van der Waals surface area (Å²) in [5.74, 6) is -1.60. The molecule has 7 heteroatoms. The van der Waals surface area contributed by atoms with E-state index in [-0.39, 0.29) is 29.7 Å². The van der Waals surface area contributed by atoms with E-state index in [1.165, 1.54) is 17.0 Å². The van der Waals surface area contributed by atoms with E-state index in [2.05, 4.69) is 0 Å². The van der Waals surface area contributed by atoms with Crippen LogP contribution in [0.25, 0.3) is 5.76 Å². The maximum Gasteiger partial charge on any atom is 0.295 e. The van der Waals surface area contributed by atoms with Crippen molar-refractivity contribution in [3.63, 3.8) is 0 Å². The van der Waals surface area contributed by atoms with Crippen LogP contribution >= 0.6 is 11.6 Å². The molecular weight excluding hydrogens is 394 g/mol. The van der Waals surface area contributed by atoms with Crippen LogP contribution < -0.4 is 0 Å². The number of aliphatic hydroxyl groups excluding tert-OH is 1. The van der Waals surface area contributed by atoms with Gasteiger partial charge < -0.3 is 19.8 Å². The summed E-state index contributed by atoms with van der Waals surface area (Å²) in [6, 6.07) is 11.9. The van der Waals surface area contributed by atoms with E-state index in [9.17, 15) is 19.8 Å². The highest BCUT2D eigenvalue weighted by molar-refractivity contribution is 6.46. The van der Waals surface area contributed by atoms with Gasteiger partial charge in [-0.25, -0.2) is 0 Å². The summed E-state index contributed by atoms with van der Waals surface area (Å²) in [6.45, 7) is 0.886. The second-order valence-corrected chi connectivity index (χ2v) is 7.62. The van der Waals surface area contributed by atoms with Crippen LogP contribution in [0.3, 0.4) is 0 Å². The lowest BCUT2D eigenvalue weighted by atomic mass is 9.95. The molecule has 0 unspecified atom stereocenters. The summed E-state index contributed by atoms with van der Waals surface area (Å²) in [5.41, 5.74) is 1.03. The maximum atomic E-state index is 12.9. The van der Waals surface area contributed by atoms with Gasteiger partial charge in [-0.2, -0.15) is 0 Å². The van der Waals surface area contributed by atoms with Gasteiger partial charge in [0.25, 0.3) is 11.7 Å². The first-order valence-electron chi connectivity index (χ1n) is 9.40. The minimum Gasteiger partial charge on any atom is -0.508 e. The van der Waals surface area contributed by atoms with Crippen molar-refractivity contribution in [2.45, 2.75) is 25.0 Å². The molecule has 2 N–H and O–H groups in total. The molecule has 29 heavy (non-hydrogen) atoms. The molecule has 0 spiro atoms. The van der Waals surface area contributed by atoms with Gasteiger partial charge in [0.15, 0.2) is 0 Å². The minimum absolute atomic E-state index is 0.0148. The summed E-state index contributed by atoms with van der Waals surface area (Å²) in [5, 5.41) is 21.1. The van der Waals surface area contributed by atoms with Crippen molar-refractivity contribution in [3.8, 4) is 5.75 Å². The lowest BCUT2D eigenvalue weighted by Crippen LogP contribution is -2.36. The number of hydrogen-bond acceptors (Lipinski definition) is 5. The van der Waals surface area contributed by atoms with Crippen molar-refractivity contribution in [3.05, 3.63) is 70.3 Å². The number of phenolic OH excluding ortho intramolecular Hbond substituents is 1. The SMILES string of the molecule is O=C1C(=O)N(C[C@H]2CCCO2)[C@@H](c2ccc(O)cc2)/C1=C(\O)c1ccc(Cl)cc1. The summed E-state index contributed by atoms with van der Waals surface area (Å²) in [6.07, 6.45) is 1.56. The number of ketones is 1. The van der Waals surface area contributed by atoms with E-state index < -0.39 is 17.7 Å². The molecule has 4 rings (SSSR count). The molecule has 150 valence electrons. The Morgan fingerprint density at radius 3 is 2.41 bits per heavy atom. The molecule has 1 amide bonds. The van der Waals surface area contributed by atoms with Crippen LogP contribution in [0.4, 0.5) is 0 Å². The quantitative estimate of drug-likeness (QED) is 0.454. The van der Waals surface area contributed by atoms with Crippen molar-refractivity contribution in [1.82, 2.24) is 4.90 Å². The molecule has 2 aliphatic heterocycles. The lowest BCUT2D eigenvalue weighted by molar-refractivity contribution is -0.140. The molecule has 2 saturated heterocycles. The number of aromatic hydroxyl groups is 1. The number of hydrogen-bond donors (Lipinski definition) is 2. The molecule has 6 nitrogen and oxygen atoms in total. The maximum absolute atomic E-state index is 12.9. The topological polar surface area (TPSA) is 87.1 Å². The van der Waals surface area contributed by atoms with Gasteiger partial charge in [-0.1, -0.05) is 23.7 Å². The van der Waals surface area contributed by atoms with E-state index in [0.717, 1.165) is 12.8 Å². The van der Waals surface area contributed by atoms with Gasteiger partial charge in [0.2, 0.25) is 0 Å². The summed E-state index contributed by atoms with van der Waals surface area (Å²) in [4.78, 5) is 27.2. The average Bonchev–Trinajstić information content (AvgIpc) is 3.31. The normalized spacial score (nSPS) is 23.7. The smallest absolute Gasteiger partial charge is 0.295 e. The van der Waals surface area contributed by atoms with Crippen LogP contribution in [-0.2, 0) is 14.3 Å². The Hall–Kier alpha value is -2.83. The number of rotatable bonds is 4. The first-order chi connectivity index (χ1) is 14.0. The predicted octanol–water partition coefficient (Wildman–Crippen LogP) is 3.65. The number of ether oxygens (including phenoxy) is 1. The highest BCUT2D eigenvalue weighted by atomic mass is 35.5. The molecule has 0 aromatic heterocycles. The predicted molar refractivity (Wildman–Crippen MR) is 108 cm³/mol. The van der Waals surface area contributed by atoms with Gasteiger partial charge in [0.1, 0.15) is 11.5 Å². The zero-order chi connectivity index (χ0) is 20.5. The van der Waals surface area contributed by atoms with Crippen LogP contribution in [-0.4, -0.2) is 46.1 Å². The van der Waals surface area contributed by atoms with E-state index in [0.29, 0.717) is 22.8 Å². The number of carbonyl (C=O) groups is 2. The van der Waals surface area contributed by atoms with Crippen molar-refractivity contribution in [1.29, 1.82) is 0 Å². The van der Waals surface area contributed by atoms with E-state index >= 15 is 0 Å². The average molecular weight is 414 g/mol. The van der Waals surface area contributed by atoms with Crippen molar-refractivity contribution in [2.75, 3.05) is 13.2 Å². The molecule has 2 aromatic carbocycles. The molecular formula is C22H20ClNO5. The highest BCUT2D eigenvalue weighted by Crippen LogP contribution is 2.40. The molecule has 0 aliphatic carbocycles. The number of phenols is 1. The Labute approximate surface area is 173 Å². The summed E-state index contributed by atoms with van der Waals surface area (Å²) in [7, 11) is 0. The zero-order valence-electron chi connectivity index (χ0n) is 15.5. The number of amides is 1. The van der Waals surface area contributed by atoms with Crippen LogP contribution in [0, 0.1) is 0 Å². The Kier molecular flexibility index (Phi) is 5.30. The number of Topliss-reactive ketones (excluding diaryl/α,β-unsaturated/α-hetero) is 1. The van der Waals surface area contributed by atoms with Gasteiger partial charge >= 0.3 is 0 Å². The number of nitrogens with zero attached hydrogens (tertiary/aromatic N) is 1. The fourth-order valence-electron chi connectivity index (χ4n) is 3.84. The highest BCUT2D eigenvalue weighted by Gasteiger charge is 2.47. The Balaban J connectivity index is 1.81. The summed E-state index contributed by atoms with van der Waals surface area (Å²) >= 11 is 5.92. The molecule has 2 aromatic rings. The zero-order valence-corrected chi connectivity index (χ0v) is 16.3. The largest absolute Gasteiger partial charge is 0.508 e. The molecule has 0 saturated carbocycles. The monoisotopic (exact) mass is 413 g/mol. The first kappa shape index (κ1) is 19.5. The van der Waals surface area contributed by atoms with Gasteiger partial charge in [0, 0.05) is 23.7 Å². The van der Waals surface area contributed by atoms with Crippen molar-refractivity contribution >= 4 is 29.1 Å². The fraction of sp³-hybridized carbons (Fsp3) is 0.273. The molecule has 2 heterocycles. The fourth-order valence-corrected chi connectivity index (χ4v) is 3.97. The van der Waals surface area contributed by atoms with Crippen LogP contribution in [0.5, 0.6) is 5.75 Å². The van der Waals surface area contributed by atoms with Gasteiger partial charge in [-0.3, -0.25) is 9.59 Å². The Morgan fingerprint density at radius 1 is 1.10 bits per heavy atom. The standard InChI is InChI=1S/C22H20ClNO5/c23-15-7-3-14(4-8-15)20(26)18-19(13-5-9-16(25)10-6-13)24(22(28)21(18)27)12-17-2-1-11-29-17/h3-10,17,19,25-26H,1-2,11-12H2/b20-18+/t17-,19+/m1/s1. The second kappa shape index (κ2) is 7.89. The number of carbonyl (C=O) groups excluding carboxylic acids is 2. The third kappa shape index (κ3) is 3.73. The van der Waals surface area contributed by atoms with Crippen LogP contribution in [0.2, 0.25) is 5.02 Å². The van der Waals surface area contributed by atoms with Gasteiger partial charge in [-0.05, 0) is 54.8 Å². The van der Waals surface area contributed by atoms with Crippen LogP contribution in [0.15, 0.2) is 54.1 Å². The minimum atomic E-state index is -0.768. The van der Waals surface area contributed by atoms with Crippen LogP contribution in [0.1, 0.15) is 30.0 Å². The molecule has 0 radical (unpaired) electrons. The van der Waals surface area contributed by atoms with E-state index in [1.54, 1.807) is 36.4 Å². The first-order valence-corrected chi connectivity index (χ1v) is 9.78. The number of halogens is 1. The van der Waals surface area contributed by atoms with E-state index in [4.69, 9.17) is 16.3 Å². The van der Waals surface area contributed by atoms with Gasteiger partial charge in [-0.15, -0.1) is 0 Å². The summed E-state index contributed by atoms with van der Waals surface area (Å²) < 4.78 is 5.66. The number of benzene rings is 2. The Morgan fingerprint density at radius 2 is 1.79 bits per heavy atom. The molecule has 2 atom stereocenters. The number of likely N-dealkylation sites (tertiary alicyclic amines) is 1. The Bertz CT molecular complexity index is 962. The molecule has 2 aliphatic rings. The van der Waals surface area contributed by atoms with E-state index in [1.807, 2.05) is 0 Å². The van der Waals surface area contributed by atoms with Gasteiger partial charge in [0.05, 0.1) is 17.7 Å². The second-order valence-electron chi connectivity index (χ2n) is 7.18. The third-order valence-corrected chi connectivity index (χ3v) is 5.54. The third-order valence-electron chi connectivity index (χ3n) is 5.29.